The van der Waals surface area contributed by atoms with Crippen LogP contribution < -0.4 is 5.32 Å². The predicted octanol–water partition coefficient (Wildman–Crippen LogP) is 7.16. The number of carbonyl (C=O) groups is 1. The first-order chi connectivity index (χ1) is 16.4. The topological polar surface area (TPSA) is 69.0 Å². The van der Waals surface area contributed by atoms with Crippen molar-refractivity contribution in [2.45, 2.75) is 43.6 Å². The van der Waals surface area contributed by atoms with E-state index in [0.717, 1.165) is 18.4 Å². The molecule has 34 heavy (non-hydrogen) atoms. The molecule has 10 heteroatoms. The van der Waals surface area contributed by atoms with Gasteiger partial charge < -0.3 is 10.1 Å². The summed E-state index contributed by atoms with van der Waals surface area (Å²) in [5.74, 6) is 0.703. The van der Waals surface area contributed by atoms with Crippen molar-refractivity contribution in [2.24, 2.45) is 0 Å². The Morgan fingerprint density at radius 2 is 1.97 bits per heavy atom. The molecule has 0 aliphatic carbocycles. The van der Waals surface area contributed by atoms with Gasteiger partial charge in [0.2, 0.25) is 11.1 Å². The summed E-state index contributed by atoms with van der Waals surface area (Å²) in [7, 11) is 0. The lowest BCUT2D eigenvalue weighted by Gasteiger charge is -2.28. The van der Waals surface area contributed by atoms with Gasteiger partial charge in [-0.05, 0) is 37.1 Å². The van der Waals surface area contributed by atoms with Crippen molar-refractivity contribution in [1.29, 1.82) is 0 Å². The molecule has 0 radical (unpaired) electrons. The number of allylic oxidation sites excluding steroid dienone is 1. The van der Waals surface area contributed by atoms with E-state index in [1.54, 1.807) is 22.9 Å². The molecule has 1 aromatic heterocycles. The number of hydrogen-bond acceptors (Lipinski definition) is 6. The molecule has 6 nitrogen and oxygen atoms in total. The minimum atomic E-state index is -0.614. The summed E-state index contributed by atoms with van der Waals surface area (Å²) in [6.07, 6.45) is 1.71. The number of carbonyl (C=O) groups excluding carboxylic acids is 1. The summed E-state index contributed by atoms with van der Waals surface area (Å²) in [5, 5.41) is 10.1. The zero-order chi connectivity index (χ0) is 24.2. The maximum atomic E-state index is 13.1. The smallest absolute Gasteiger partial charge is 0.338 e. The van der Waals surface area contributed by atoms with E-state index in [4.69, 9.17) is 44.6 Å². The van der Waals surface area contributed by atoms with Crippen molar-refractivity contribution in [3.8, 4) is 0 Å². The molecule has 0 bridgehead atoms. The fourth-order valence-electron chi connectivity index (χ4n) is 3.61. The van der Waals surface area contributed by atoms with Crippen LogP contribution in [0.15, 0.2) is 58.9 Å². The minimum Gasteiger partial charge on any atom is -0.462 e. The van der Waals surface area contributed by atoms with Crippen LogP contribution in [0.2, 0.25) is 15.1 Å². The molecule has 1 unspecified atom stereocenters. The SMILES string of the molecule is CCCCOC(=O)C1=C(C)Nc2nc(SCc3ccccc3Cl)nn2C1c1ccc(Cl)cc1Cl. The van der Waals surface area contributed by atoms with Crippen LogP contribution in [0, 0.1) is 0 Å². The molecule has 1 N–H and O–H groups in total. The second-order valence-corrected chi connectivity index (χ2v) is 9.96. The Labute approximate surface area is 217 Å². The van der Waals surface area contributed by atoms with Crippen molar-refractivity contribution >= 4 is 58.5 Å². The van der Waals surface area contributed by atoms with Gasteiger partial charge in [0.15, 0.2) is 0 Å². The van der Waals surface area contributed by atoms with Crippen LogP contribution in [-0.2, 0) is 15.3 Å². The first-order valence-corrected chi connectivity index (χ1v) is 12.9. The van der Waals surface area contributed by atoms with Crippen LogP contribution in [0.4, 0.5) is 5.95 Å². The number of halogens is 3. The van der Waals surface area contributed by atoms with Crippen LogP contribution in [0.25, 0.3) is 0 Å². The van der Waals surface area contributed by atoms with Crippen LogP contribution in [0.5, 0.6) is 0 Å². The summed E-state index contributed by atoms with van der Waals surface area (Å²) < 4.78 is 7.23. The molecule has 3 aromatic rings. The van der Waals surface area contributed by atoms with E-state index in [1.807, 2.05) is 38.1 Å². The zero-order valence-corrected chi connectivity index (χ0v) is 21.7. The maximum absolute atomic E-state index is 13.1. The van der Waals surface area contributed by atoms with Crippen molar-refractivity contribution in [3.05, 3.63) is 79.9 Å². The number of benzene rings is 2. The number of esters is 1. The fraction of sp³-hybridized carbons (Fsp3) is 0.292. The second-order valence-electron chi connectivity index (χ2n) is 7.76. The first-order valence-electron chi connectivity index (χ1n) is 10.8. The highest BCUT2D eigenvalue weighted by Gasteiger charge is 2.36. The Bertz CT molecular complexity index is 1240. The van der Waals surface area contributed by atoms with E-state index >= 15 is 0 Å². The highest BCUT2D eigenvalue weighted by molar-refractivity contribution is 7.98. The van der Waals surface area contributed by atoms with E-state index in [0.29, 0.717) is 55.4 Å². The molecule has 1 aliphatic rings. The molecule has 0 fully saturated rings. The average Bonchev–Trinajstić information content (AvgIpc) is 3.20. The number of rotatable bonds is 8. The lowest BCUT2D eigenvalue weighted by atomic mass is 9.95. The molecule has 2 aromatic carbocycles. The predicted molar refractivity (Wildman–Crippen MR) is 138 cm³/mol. The Hall–Kier alpha value is -2.19. The third-order valence-electron chi connectivity index (χ3n) is 5.36. The summed E-state index contributed by atoms with van der Waals surface area (Å²) in [6, 6.07) is 12.2. The zero-order valence-electron chi connectivity index (χ0n) is 18.6. The summed E-state index contributed by atoms with van der Waals surface area (Å²) in [5.41, 5.74) is 2.74. The second kappa shape index (κ2) is 11.0. The number of thioether (sulfide) groups is 1. The molecule has 1 atom stereocenters. The lowest BCUT2D eigenvalue weighted by molar-refractivity contribution is -0.139. The molecular formula is C24H23Cl3N4O2S. The van der Waals surface area contributed by atoms with Crippen molar-refractivity contribution < 1.29 is 9.53 Å². The quantitative estimate of drug-likeness (QED) is 0.187. The lowest BCUT2D eigenvalue weighted by Crippen LogP contribution is -2.30. The van der Waals surface area contributed by atoms with Gasteiger partial charge in [-0.1, -0.05) is 84.2 Å². The van der Waals surface area contributed by atoms with E-state index in [-0.39, 0.29) is 0 Å². The summed E-state index contributed by atoms with van der Waals surface area (Å²) in [6.45, 7) is 4.21. The van der Waals surface area contributed by atoms with Gasteiger partial charge in [0.1, 0.15) is 6.04 Å². The number of anilines is 1. The van der Waals surface area contributed by atoms with Gasteiger partial charge in [0.05, 0.1) is 12.2 Å². The van der Waals surface area contributed by atoms with Crippen LogP contribution >= 0.6 is 46.6 Å². The van der Waals surface area contributed by atoms with Gasteiger partial charge in [-0.2, -0.15) is 4.98 Å². The number of aromatic nitrogens is 3. The largest absolute Gasteiger partial charge is 0.462 e. The number of nitrogens with one attached hydrogen (secondary N) is 1. The normalized spacial score (nSPS) is 15.1. The molecule has 0 amide bonds. The number of hydrogen-bond donors (Lipinski definition) is 1. The number of nitrogens with zero attached hydrogens (tertiary/aromatic N) is 3. The molecule has 0 saturated heterocycles. The molecule has 1 aliphatic heterocycles. The first kappa shape index (κ1) is 24.9. The van der Waals surface area contributed by atoms with Gasteiger partial charge in [-0.3, -0.25) is 0 Å². The highest BCUT2D eigenvalue weighted by Crippen LogP contribution is 2.40. The van der Waals surface area contributed by atoms with Gasteiger partial charge in [-0.25, -0.2) is 9.48 Å². The van der Waals surface area contributed by atoms with Crippen molar-refractivity contribution in [3.63, 3.8) is 0 Å². The number of ether oxygens (including phenoxy) is 1. The molecule has 0 saturated carbocycles. The molecule has 4 rings (SSSR count). The summed E-state index contributed by atoms with van der Waals surface area (Å²) >= 11 is 20.5. The standard InChI is InChI=1S/C24H23Cl3N4O2S/c1-3-4-11-33-22(32)20-14(2)28-23-29-24(34-13-15-7-5-6-8-18(15)26)30-31(23)21(20)17-10-9-16(25)12-19(17)27/h5-10,12,21H,3-4,11,13H2,1-2H3,(H,28,29,30). The Balaban J connectivity index is 1.70. The average molecular weight is 538 g/mol. The Morgan fingerprint density at radius 1 is 1.18 bits per heavy atom. The fourth-order valence-corrected chi connectivity index (χ4v) is 5.24. The monoisotopic (exact) mass is 536 g/mol. The van der Waals surface area contributed by atoms with Crippen molar-refractivity contribution in [2.75, 3.05) is 11.9 Å². The third-order valence-corrected chi connectivity index (χ3v) is 7.17. The van der Waals surface area contributed by atoms with Crippen LogP contribution in [0.3, 0.4) is 0 Å². The number of fused-ring (bicyclic) bond motifs is 1. The molecule has 178 valence electrons. The highest BCUT2D eigenvalue weighted by atomic mass is 35.5. The van der Waals surface area contributed by atoms with Gasteiger partial charge in [0, 0.05) is 32.1 Å². The minimum absolute atomic E-state index is 0.344. The maximum Gasteiger partial charge on any atom is 0.338 e. The van der Waals surface area contributed by atoms with Gasteiger partial charge >= 0.3 is 5.97 Å². The summed E-state index contributed by atoms with van der Waals surface area (Å²) in [4.78, 5) is 17.8. The number of unbranched alkanes of at least 4 members (excludes halogenated alkanes) is 1. The molecular weight excluding hydrogens is 515 g/mol. The molecule has 0 spiro atoms. The Kier molecular flexibility index (Phi) is 8.09. The van der Waals surface area contributed by atoms with Gasteiger partial charge in [0.25, 0.3) is 0 Å². The van der Waals surface area contributed by atoms with Gasteiger partial charge in [-0.15, -0.1) is 5.10 Å². The van der Waals surface area contributed by atoms with Crippen LogP contribution in [0.1, 0.15) is 43.9 Å². The van der Waals surface area contributed by atoms with Crippen LogP contribution in [-0.4, -0.2) is 27.3 Å². The van der Waals surface area contributed by atoms with E-state index in [2.05, 4.69) is 10.3 Å². The van der Waals surface area contributed by atoms with E-state index in [1.165, 1.54) is 11.8 Å². The Morgan fingerprint density at radius 3 is 2.71 bits per heavy atom. The van der Waals surface area contributed by atoms with E-state index in [9.17, 15) is 4.79 Å². The molecule has 2 heterocycles. The van der Waals surface area contributed by atoms with E-state index < -0.39 is 12.0 Å². The third kappa shape index (κ3) is 5.38. The van der Waals surface area contributed by atoms with Crippen molar-refractivity contribution in [1.82, 2.24) is 14.8 Å².